The lowest BCUT2D eigenvalue weighted by Gasteiger charge is -2.10. The topological polar surface area (TPSA) is 65.4 Å². The number of nitrogens with zero attached hydrogens (tertiary/aromatic N) is 2. The Morgan fingerprint density at radius 1 is 1.19 bits per heavy atom. The first kappa shape index (κ1) is 23.0. The van der Waals surface area contributed by atoms with Gasteiger partial charge in [0.1, 0.15) is 10.8 Å². The SMILES string of the molecule is CCCCn1c(-c2csc(-c3ccc(OC)cc3)n2)cc(C(=O)NCCCOC)c1C. The van der Waals surface area contributed by atoms with Crippen LogP contribution in [0.5, 0.6) is 5.75 Å². The van der Waals surface area contributed by atoms with Gasteiger partial charge in [0, 0.05) is 43.4 Å². The van der Waals surface area contributed by atoms with E-state index in [-0.39, 0.29) is 5.91 Å². The van der Waals surface area contributed by atoms with Crippen LogP contribution in [-0.4, -0.2) is 42.8 Å². The van der Waals surface area contributed by atoms with Gasteiger partial charge in [-0.2, -0.15) is 0 Å². The third-order valence-corrected chi connectivity index (χ3v) is 6.15. The van der Waals surface area contributed by atoms with E-state index in [1.807, 2.05) is 37.3 Å². The van der Waals surface area contributed by atoms with E-state index in [1.165, 1.54) is 0 Å². The number of benzene rings is 1. The second-order valence-corrected chi connectivity index (χ2v) is 8.26. The van der Waals surface area contributed by atoms with Crippen LogP contribution in [0.25, 0.3) is 22.0 Å². The average Bonchev–Trinajstić information content (AvgIpc) is 3.40. The van der Waals surface area contributed by atoms with Crippen molar-refractivity contribution in [3.8, 4) is 27.7 Å². The molecule has 6 nitrogen and oxygen atoms in total. The molecular formula is C24H31N3O3S. The summed E-state index contributed by atoms with van der Waals surface area (Å²) in [6.45, 7) is 6.28. The average molecular weight is 442 g/mol. The summed E-state index contributed by atoms with van der Waals surface area (Å²) in [7, 11) is 3.33. The van der Waals surface area contributed by atoms with E-state index in [1.54, 1.807) is 25.6 Å². The molecule has 3 aromatic rings. The molecular weight excluding hydrogens is 410 g/mol. The van der Waals surface area contributed by atoms with Crippen LogP contribution in [-0.2, 0) is 11.3 Å². The Morgan fingerprint density at radius 2 is 1.97 bits per heavy atom. The molecule has 2 aromatic heterocycles. The summed E-state index contributed by atoms with van der Waals surface area (Å²) in [5.41, 5.74) is 4.63. The quantitative estimate of drug-likeness (QED) is 0.417. The van der Waals surface area contributed by atoms with Crippen molar-refractivity contribution in [2.75, 3.05) is 27.4 Å². The monoisotopic (exact) mass is 441 g/mol. The number of methoxy groups -OCH3 is 2. The number of thiazole rings is 1. The van der Waals surface area contributed by atoms with Crippen molar-refractivity contribution in [1.29, 1.82) is 0 Å². The minimum Gasteiger partial charge on any atom is -0.497 e. The minimum absolute atomic E-state index is 0.0456. The van der Waals surface area contributed by atoms with Crippen molar-refractivity contribution in [3.05, 3.63) is 47.0 Å². The van der Waals surface area contributed by atoms with Crippen molar-refractivity contribution in [2.45, 2.75) is 39.7 Å². The third kappa shape index (κ3) is 5.54. The van der Waals surface area contributed by atoms with Crippen molar-refractivity contribution in [2.24, 2.45) is 0 Å². The molecule has 1 amide bonds. The van der Waals surface area contributed by atoms with Gasteiger partial charge < -0.3 is 19.4 Å². The van der Waals surface area contributed by atoms with Gasteiger partial charge in [0.25, 0.3) is 5.91 Å². The molecule has 0 aliphatic heterocycles. The van der Waals surface area contributed by atoms with Gasteiger partial charge in [-0.25, -0.2) is 4.98 Å². The molecule has 0 saturated carbocycles. The first-order chi connectivity index (χ1) is 15.1. The summed E-state index contributed by atoms with van der Waals surface area (Å²) >= 11 is 1.61. The highest BCUT2D eigenvalue weighted by Gasteiger charge is 2.20. The van der Waals surface area contributed by atoms with Crippen LogP contribution in [0.2, 0.25) is 0 Å². The number of nitrogens with one attached hydrogen (secondary N) is 1. The van der Waals surface area contributed by atoms with Gasteiger partial charge in [-0.3, -0.25) is 4.79 Å². The summed E-state index contributed by atoms with van der Waals surface area (Å²) < 4.78 is 12.5. The number of carbonyl (C=O) groups is 1. The predicted octanol–water partition coefficient (Wildman–Crippen LogP) is 5.16. The summed E-state index contributed by atoms with van der Waals surface area (Å²) in [6.07, 6.45) is 2.93. The van der Waals surface area contributed by atoms with Gasteiger partial charge in [-0.15, -0.1) is 11.3 Å². The highest BCUT2D eigenvalue weighted by atomic mass is 32.1. The predicted molar refractivity (Wildman–Crippen MR) is 126 cm³/mol. The number of carbonyl (C=O) groups excluding carboxylic acids is 1. The van der Waals surface area contributed by atoms with Crippen LogP contribution >= 0.6 is 11.3 Å². The molecule has 7 heteroatoms. The van der Waals surface area contributed by atoms with Crippen LogP contribution in [0.1, 0.15) is 42.2 Å². The number of amides is 1. The van der Waals surface area contributed by atoms with Gasteiger partial charge in [0.05, 0.1) is 24.1 Å². The molecule has 31 heavy (non-hydrogen) atoms. The molecule has 0 unspecified atom stereocenters. The van der Waals surface area contributed by atoms with E-state index in [9.17, 15) is 4.79 Å². The van der Waals surface area contributed by atoms with Gasteiger partial charge in [0.2, 0.25) is 0 Å². The van der Waals surface area contributed by atoms with E-state index >= 15 is 0 Å². The van der Waals surface area contributed by atoms with E-state index in [2.05, 4.69) is 22.2 Å². The fourth-order valence-electron chi connectivity index (χ4n) is 3.46. The van der Waals surface area contributed by atoms with Crippen molar-refractivity contribution in [1.82, 2.24) is 14.9 Å². The van der Waals surface area contributed by atoms with Gasteiger partial charge in [-0.05, 0) is 50.1 Å². The highest BCUT2D eigenvalue weighted by Crippen LogP contribution is 2.32. The molecule has 3 rings (SSSR count). The maximum atomic E-state index is 12.8. The van der Waals surface area contributed by atoms with Crippen molar-refractivity contribution >= 4 is 17.2 Å². The lowest BCUT2D eigenvalue weighted by molar-refractivity contribution is 0.0948. The zero-order valence-electron chi connectivity index (χ0n) is 18.7. The molecule has 0 radical (unpaired) electrons. The normalized spacial score (nSPS) is 11.0. The maximum Gasteiger partial charge on any atom is 0.253 e. The Balaban J connectivity index is 1.88. The number of unbranched alkanes of at least 4 members (excludes halogenated alkanes) is 1. The van der Waals surface area contributed by atoms with Gasteiger partial charge >= 0.3 is 0 Å². The fraction of sp³-hybridized carbons (Fsp3) is 0.417. The smallest absolute Gasteiger partial charge is 0.253 e. The summed E-state index contributed by atoms with van der Waals surface area (Å²) in [5.74, 6) is 0.779. The Labute approximate surface area is 188 Å². The van der Waals surface area contributed by atoms with Crippen LogP contribution < -0.4 is 10.1 Å². The molecule has 0 bridgehead atoms. The summed E-state index contributed by atoms with van der Waals surface area (Å²) in [6, 6.07) is 9.89. The Hall–Kier alpha value is -2.64. The summed E-state index contributed by atoms with van der Waals surface area (Å²) in [5, 5.41) is 6.02. The van der Waals surface area contributed by atoms with E-state index in [0.717, 1.165) is 59.2 Å². The number of aromatic nitrogens is 2. The molecule has 1 aromatic carbocycles. The largest absolute Gasteiger partial charge is 0.497 e. The number of hydrogen-bond acceptors (Lipinski definition) is 5. The molecule has 0 saturated heterocycles. The number of hydrogen-bond donors (Lipinski definition) is 1. The lowest BCUT2D eigenvalue weighted by atomic mass is 10.2. The Morgan fingerprint density at radius 3 is 2.65 bits per heavy atom. The molecule has 0 aliphatic carbocycles. The fourth-order valence-corrected chi connectivity index (χ4v) is 4.28. The van der Waals surface area contributed by atoms with E-state index in [0.29, 0.717) is 18.7 Å². The Bertz CT molecular complexity index is 992. The first-order valence-corrected chi connectivity index (χ1v) is 11.5. The van der Waals surface area contributed by atoms with Crippen molar-refractivity contribution in [3.63, 3.8) is 0 Å². The molecule has 0 spiro atoms. The van der Waals surface area contributed by atoms with Crippen LogP contribution in [0.15, 0.2) is 35.7 Å². The molecule has 0 atom stereocenters. The molecule has 0 fully saturated rings. The summed E-state index contributed by atoms with van der Waals surface area (Å²) in [4.78, 5) is 17.7. The first-order valence-electron chi connectivity index (χ1n) is 10.7. The van der Waals surface area contributed by atoms with Crippen molar-refractivity contribution < 1.29 is 14.3 Å². The lowest BCUT2D eigenvalue weighted by Crippen LogP contribution is -2.25. The van der Waals surface area contributed by atoms with Crippen LogP contribution in [0.3, 0.4) is 0 Å². The van der Waals surface area contributed by atoms with E-state index < -0.39 is 0 Å². The zero-order chi connectivity index (χ0) is 22.2. The van der Waals surface area contributed by atoms with Crippen LogP contribution in [0.4, 0.5) is 0 Å². The highest BCUT2D eigenvalue weighted by molar-refractivity contribution is 7.13. The second kappa shape index (κ2) is 11.1. The van der Waals surface area contributed by atoms with E-state index in [4.69, 9.17) is 14.5 Å². The number of rotatable bonds is 11. The molecule has 2 heterocycles. The zero-order valence-corrected chi connectivity index (χ0v) is 19.6. The molecule has 1 N–H and O–H groups in total. The molecule has 166 valence electrons. The molecule has 0 aliphatic rings. The third-order valence-electron chi connectivity index (χ3n) is 5.26. The Kier molecular flexibility index (Phi) is 8.26. The van der Waals surface area contributed by atoms with Crippen LogP contribution in [0, 0.1) is 6.92 Å². The standard InChI is InChI=1S/C24H31N3O3S/c1-5-6-13-27-17(2)20(23(28)25-12-7-14-29-3)15-22(27)21-16-31-24(26-21)18-8-10-19(30-4)11-9-18/h8-11,15-16H,5-7,12-14H2,1-4H3,(H,25,28). The number of ether oxygens (including phenoxy) is 2. The van der Waals surface area contributed by atoms with Gasteiger partial charge in [0.15, 0.2) is 0 Å². The minimum atomic E-state index is -0.0456. The maximum absolute atomic E-state index is 12.8. The van der Waals surface area contributed by atoms with Gasteiger partial charge in [-0.1, -0.05) is 13.3 Å². The second-order valence-electron chi connectivity index (χ2n) is 7.40.